The first-order valence-corrected chi connectivity index (χ1v) is 8.60. The van der Waals surface area contributed by atoms with Crippen LogP contribution in [-0.4, -0.2) is 42.9 Å². The number of fused-ring (bicyclic) bond motifs is 1. The van der Waals surface area contributed by atoms with Crippen LogP contribution >= 0.6 is 0 Å². The van der Waals surface area contributed by atoms with Gasteiger partial charge in [0.25, 0.3) is 5.91 Å². The molecular formula is C22H24N2O. The molecule has 0 fully saturated rings. The lowest BCUT2D eigenvalue weighted by Gasteiger charge is -2.25. The van der Waals surface area contributed by atoms with Crippen molar-refractivity contribution >= 4 is 16.7 Å². The van der Waals surface area contributed by atoms with Gasteiger partial charge in [-0.3, -0.25) is 4.79 Å². The summed E-state index contributed by atoms with van der Waals surface area (Å²) in [5, 5.41) is 2.25. The maximum absolute atomic E-state index is 13.1. The van der Waals surface area contributed by atoms with Crippen molar-refractivity contribution in [2.75, 3.05) is 27.2 Å². The van der Waals surface area contributed by atoms with Crippen molar-refractivity contribution in [2.45, 2.75) is 6.54 Å². The molecule has 0 bridgehead atoms. The zero-order valence-electron chi connectivity index (χ0n) is 14.9. The molecule has 0 unspecified atom stereocenters. The van der Waals surface area contributed by atoms with Crippen LogP contribution < -0.4 is 0 Å². The number of hydrogen-bond donors (Lipinski definition) is 0. The minimum absolute atomic E-state index is 0.0801. The van der Waals surface area contributed by atoms with Crippen molar-refractivity contribution in [1.29, 1.82) is 0 Å². The van der Waals surface area contributed by atoms with Crippen LogP contribution in [0.25, 0.3) is 10.8 Å². The second-order valence-corrected chi connectivity index (χ2v) is 6.58. The quantitative estimate of drug-likeness (QED) is 0.680. The summed E-state index contributed by atoms with van der Waals surface area (Å²) in [5.74, 6) is 0.0801. The van der Waals surface area contributed by atoms with Gasteiger partial charge in [-0.05, 0) is 42.6 Å². The standard InChI is InChI=1S/C22H24N2O/c1-23(2)14-15-24(17-18-8-4-3-5-9-18)22(25)21-13-12-19-10-6-7-11-20(19)16-21/h3-13,16H,14-15,17H2,1-2H3. The molecule has 3 heteroatoms. The van der Waals surface area contributed by atoms with Gasteiger partial charge in [0.05, 0.1) is 0 Å². The Kier molecular flexibility index (Phi) is 5.46. The molecule has 3 nitrogen and oxygen atoms in total. The van der Waals surface area contributed by atoms with E-state index >= 15 is 0 Å². The summed E-state index contributed by atoms with van der Waals surface area (Å²) in [6.45, 7) is 2.17. The summed E-state index contributed by atoms with van der Waals surface area (Å²) >= 11 is 0. The Labute approximate surface area is 149 Å². The molecule has 0 N–H and O–H groups in total. The van der Waals surface area contributed by atoms with E-state index < -0.39 is 0 Å². The molecule has 0 aliphatic heterocycles. The second-order valence-electron chi connectivity index (χ2n) is 6.58. The van der Waals surface area contributed by atoms with Crippen molar-refractivity contribution in [2.24, 2.45) is 0 Å². The molecule has 25 heavy (non-hydrogen) atoms. The summed E-state index contributed by atoms with van der Waals surface area (Å²) in [6, 6.07) is 24.2. The highest BCUT2D eigenvalue weighted by atomic mass is 16.2. The van der Waals surface area contributed by atoms with Gasteiger partial charge in [0, 0.05) is 25.2 Å². The average molecular weight is 332 g/mol. The van der Waals surface area contributed by atoms with E-state index in [0.717, 1.165) is 28.4 Å². The summed E-state index contributed by atoms with van der Waals surface area (Å²) in [4.78, 5) is 17.1. The summed E-state index contributed by atoms with van der Waals surface area (Å²) in [5.41, 5.74) is 1.89. The zero-order valence-corrected chi connectivity index (χ0v) is 14.9. The molecule has 3 aromatic carbocycles. The number of carbonyl (C=O) groups excluding carboxylic acids is 1. The molecule has 1 amide bonds. The number of amides is 1. The van der Waals surface area contributed by atoms with Gasteiger partial charge in [-0.1, -0.05) is 60.7 Å². The minimum atomic E-state index is 0.0801. The van der Waals surface area contributed by atoms with E-state index in [2.05, 4.69) is 23.1 Å². The minimum Gasteiger partial charge on any atom is -0.333 e. The molecule has 0 aliphatic rings. The van der Waals surface area contributed by atoms with Crippen molar-refractivity contribution in [1.82, 2.24) is 9.80 Å². The van der Waals surface area contributed by atoms with Crippen LogP contribution in [-0.2, 0) is 6.54 Å². The molecule has 3 aromatic rings. The van der Waals surface area contributed by atoms with Gasteiger partial charge in [-0.25, -0.2) is 0 Å². The lowest BCUT2D eigenvalue weighted by Crippen LogP contribution is -2.36. The van der Waals surface area contributed by atoms with Crippen LogP contribution in [0.4, 0.5) is 0 Å². The predicted octanol–water partition coefficient (Wildman–Crippen LogP) is 4.04. The zero-order chi connectivity index (χ0) is 17.6. The van der Waals surface area contributed by atoms with E-state index in [1.807, 2.05) is 73.6 Å². The van der Waals surface area contributed by atoms with Crippen molar-refractivity contribution in [3.63, 3.8) is 0 Å². The fourth-order valence-corrected chi connectivity index (χ4v) is 2.88. The van der Waals surface area contributed by atoms with Gasteiger partial charge in [0.2, 0.25) is 0 Å². The van der Waals surface area contributed by atoms with Gasteiger partial charge in [0.1, 0.15) is 0 Å². The molecule has 128 valence electrons. The van der Waals surface area contributed by atoms with E-state index in [-0.39, 0.29) is 5.91 Å². The van der Waals surface area contributed by atoms with Crippen molar-refractivity contribution < 1.29 is 4.79 Å². The Morgan fingerprint density at radius 3 is 2.20 bits per heavy atom. The summed E-state index contributed by atoms with van der Waals surface area (Å²) < 4.78 is 0. The molecule has 0 radical (unpaired) electrons. The van der Waals surface area contributed by atoms with E-state index in [0.29, 0.717) is 13.1 Å². The topological polar surface area (TPSA) is 23.6 Å². The number of nitrogens with zero attached hydrogens (tertiary/aromatic N) is 2. The van der Waals surface area contributed by atoms with Gasteiger partial charge in [-0.2, -0.15) is 0 Å². The third-order valence-electron chi connectivity index (χ3n) is 4.32. The Bertz CT molecular complexity index is 843. The van der Waals surface area contributed by atoms with E-state index in [4.69, 9.17) is 0 Å². The maximum Gasteiger partial charge on any atom is 0.254 e. The average Bonchev–Trinajstić information content (AvgIpc) is 2.65. The Balaban J connectivity index is 1.85. The van der Waals surface area contributed by atoms with Crippen LogP contribution in [0.15, 0.2) is 72.8 Å². The summed E-state index contributed by atoms with van der Waals surface area (Å²) in [7, 11) is 4.06. The van der Waals surface area contributed by atoms with Crippen LogP contribution in [0.3, 0.4) is 0 Å². The molecule has 0 aromatic heterocycles. The van der Waals surface area contributed by atoms with Crippen LogP contribution in [0.2, 0.25) is 0 Å². The van der Waals surface area contributed by atoms with Crippen LogP contribution in [0, 0.1) is 0 Å². The molecular weight excluding hydrogens is 308 g/mol. The smallest absolute Gasteiger partial charge is 0.254 e. The molecule has 0 saturated carbocycles. The van der Waals surface area contributed by atoms with Crippen molar-refractivity contribution in [3.05, 3.63) is 83.9 Å². The third-order valence-corrected chi connectivity index (χ3v) is 4.32. The van der Waals surface area contributed by atoms with E-state index in [1.54, 1.807) is 0 Å². The Morgan fingerprint density at radius 2 is 1.48 bits per heavy atom. The van der Waals surface area contributed by atoms with Crippen LogP contribution in [0.1, 0.15) is 15.9 Å². The number of benzene rings is 3. The fraction of sp³-hybridized carbons (Fsp3) is 0.227. The first-order chi connectivity index (χ1) is 12.1. The number of carbonyl (C=O) groups is 1. The highest BCUT2D eigenvalue weighted by Gasteiger charge is 2.16. The molecule has 0 spiro atoms. The lowest BCUT2D eigenvalue weighted by molar-refractivity contribution is 0.0732. The van der Waals surface area contributed by atoms with Crippen molar-refractivity contribution in [3.8, 4) is 0 Å². The van der Waals surface area contributed by atoms with E-state index in [1.165, 1.54) is 0 Å². The highest BCUT2D eigenvalue weighted by Crippen LogP contribution is 2.18. The lowest BCUT2D eigenvalue weighted by atomic mass is 10.1. The maximum atomic E-state index is 13.1. The molecule has 0 aliphatic carbocycles. The molecule has 0 saturated heterocycles. The first-order valence-electron chi connectivity index (χ1n) is 8.60. The van der Waals surface area contributed by atoms with Gasteiger partial charge >= 0.3 is 0 Å². The van der Waals surface area contributed by atoms with E-state index in [9.17, 15) is 4.79 Å². The predicted molar refractivity (Wildman–Crippen MR) is 104 cm³/mol. The number of rotatable bonds is 6. The third kappa shape index (κ3) is 4.46. The van der Waals surface area contributed by atoms with Crippen LogP contribution in [0.5, 0.6) is 0 Å². The highest BCUT2D eigenvalue weighted by molar-refractivity contribution is 5.98. The molecule has 0 heterocycles. The monoisotopic (exact) mass is 332 g/mol. The number of hydrogen-bond acceptors (Lipinski definition) is 2. The van der Waals surface area contributed by atoms with Gasteiger partial charge in [-0.15, -0.1) is 0 Å². The molecule has 3 rings (SSSR count). The Hall–Kier alpha value is -2.65. The summed E-state index contributed by atoms with van der Waals surface area (Å²) in [6.07, 6.45) is 0. The normalized spacial score (nSPS) is 11.0. The van der Waals surface area contributed by atoms with Gasteiger partial charge in [0.15, 0.2) is 0 Å². The first kappa shape index (κ1) is 17.2. The van der Waals surface area contributed by atoms with Gasteiger partial charge < -0.3 is 9.80 Å². The number of likely N-dealkylation sites (N-methyl/N-ethyl adjacent to an activating group) is 1. The second kappa shape index (κ2) is 7.95. The fourth-order valence-electron chi connectivity index (χ4n) is 2.88. The SMILES string of the molecule is CN(C)CCN(Cc1ccccc1)C(=O)c1ccc2ccccc2c1. The molecule has 0 atom stereocenters. The Morgan fingerprint density at radius 1 is 0.800 bits per heavy atom. The largest absolute Gasteiger partial charge is 0.333 e.